The van der Waals surface area contributed by atoms with Crippen LogP contribution in [0.15, 0.2) is 30.6 Å². The number of amides is 1. The van der Waals surface area contributed by atoms with E-state index in [0.29, 0.717) is 5.75 Å². The van der Waals surface area contributed by atoms with Crippen LogP contribution in [0.3, 0.4) is 0 Å². The van der Waals surface area contributed by atoms with Gasteiger partial charge in [0.1, 0.15) is 22.7 Å². The van der Waals surface area contributed by atoms with Crippen molar-refractivity contribution >= 4 is 39.0 Å². The van der Waals surface area contributed by atoms with Crippen molar-refractivity contribution in [2.45, 2.75) is 26.7 Å². The summed E-state index contributed by atoms with van der Waals surface area (Å²) in [5, 5.41) is 4.18. The molecule has 0 atom stereocenters. The molecule has 28 heavy (non-hydrogen) atoms. The van der Waals surface area contributed by atoms with Crippen LogP contribution in [0.4, 0.5) is 11.5 Å². The molecular formula is C21H24N4O2S. The van der Waals surface area contributed by atoms with E-state index in [9.17, 15) is 4.79 Å². The SMILES string of the molecule is COc1ccccc1NC(=O)C1CCN(c2ncnc3sc(C)c(C)c23)CC1. The standard InChI is InChI=1S/C21H24N4O2S/c1-13-14(2)28-21-18(13)19(22-12-23-21)25-10-8-15(9-11-25)20(26)24-16-6-4-5-7-17(16)27-3/h4-7,12,15H,8-11H2,1-3H3,(H,24,26). The van der Waals surface area contributed by atoms with Gasteiger partial charge in [-0.2, -0.15) is 0 Å². The molecule has 3 aromatic rings. The lowest BCUT2D eigenvalue weighted by Crippen LogP contribution is -2.38. The summed E-state index contributed by atoms with van der Waals surface area (Å²) in [6.45, 7) is 5.88. The van der Waals surface area contributed by atoms with E-state index in [-0.39, 0.29) is 11.8 Å². The first-order chi connectivity index (χ1) is 13.6. The van der Waals surface area contributed by atoms with E-state index >= 15 is 0 Å². The molecule has 1 fully saturated rings. The number of piperidine rings is 1. The number of aromatic nitrogens is 2. The van der Waals surface area contributed by atoms with Gasteiger partial charge < -0.3 is 15.0 Å². The van der Waals surface area contributed by atoms with Gasteiger partial charge in [0.05, 0.1) is 18.2 Å². The summed E-state index contributed by atoms with van der Waals surface area (Å²) in [4.78, 5) is 26.3. The molecule has 1 N–H and O–H groups in total. The first-order valence-corrected chi connectivity index (χ1v) is 10.3. The topological polar surface area (TPSA) is 67.3 Å². The highest BCUT2D eigenvalue weighted by Crippen LogP contribution is 2.35. The molecule has 1 saturated heterocycles. The first-order valence-electron chi connectivity index (χ1n) is 9.48. The molecule has 0 unspecified atom stereocenters. The molecule has 0 aliphatic carbocycles. The number of anilines is 2. The zero-order valence-electron chi connectivity index (χ0n) is 16.4. The van der Waals surface area contributed by atoms with Crippen molar-refractivity contribution in [2.24, 2.45) is 5.92 Å². The van der Waals surface area contributed by atoms with Crippen molar-refractivity contribution in [3.8, 4) is 5.75 Å². The number of ether oxygens (including phenoxy) is 1. The normalized spacial score (nSPS) is 15.0. The van der Waals surface area contributed by atoms with E-state index in [1.807, 2.05) is 24.3 Å². The summed E-state index contributed by atoms with van der Waals surface area (Å²) in [7, 11) is 1.61. The summed E-state index contributed by atoms with van der Waals surface area (Å²) >= 11 is 1.71. The number of thiophene rings is 1. The number of nitrogens with zero attached hydrogens (tertiary/aromatic N) is 3. The molecule has 2 aromatic heterocycles. The predicted octanol–water partition coefficient (Wildman–Crippen LogP) is 4.17. The molecular weight excluding hydrogens is 372 g/mol. The van der Waals surface area contributed by atoms with Crippen molar-refractivity contribution < 1.29 is 9.53 Å². The number of hydrogen-bond donors (Lipinski definition) is 1. The van der Waals surface area contributed by atoms with Crippen LogP contribution < -0.4 is 15.0 Å². The summed E-state index contributed by atoms with van der Waals surface area (Å²) in [6.07, 6.45) is 3.25. The fourth-order valence-electron chi connectivity index (χ4n) is 3.74. The summed E-state index contributed by atoms with van der Waals surface area (Å²) < 4.78 is 5.33. The third-order valence-corrected chi connectivity index (χ3v) is 6.59. The number of methoxy groups -OCH3 is 1. The molecule has 1 aliphatic rings. The molecule has 1 amide bonds. The van der Waals surface area contributed by atoms with Crippen LogP contribution in [0, 0.1) is 19.8 Å². The van der Waals surface area contributed by atoms with Gasteiger partial charge in [0.25, 0.3) is 0 Å². The Labute approximate surface area is 168 Å². The maximum Gasteiger partial charge on any atom is 0.227 e. The van der Waals surface area contributed by atoms with E-state index in [4.69, 9.17) is 4.74 Å². The number of hydrogen-bond acceptors (Lipinski definition) is 6. The van der Waals surface area contributed by atoms with Gasteiger partial charge in [-0.15, -0.1) is 11.3 Å². The number of carbonyl (C=O) groups excluding carboxylic acids is 1. The van der Waals surface area contributed by atoms with E-state index < -0.39 is 0 Å². The van der Waals surface area contributed by atoms with Crippen LogP contribution in [-0.2, 0) is 4.79 Å². The van der Waals surface area contributed by atoms with E-state index in [1.54, 1.807) is 24.8 Å². The minimum atomic E-state index is -0.0104. The predicted molar refractivity (Wildman–Crippen MR) is 113 cm³/mol. The van der Waals surface area contributed by atoms with Crippen molar-refractivity contribution in [1.29, 1.82) is 0 Å². The Morgan fingerprint density at radius 3 is 2.71 bits per heavy atom. The second-order valence-electron chi connectivity index (χ2n) is 7.11. The fourth-order valence-corrected chi connectivity index (χ4v) is 4.73. The molecule has 1 aromatic carbocycles. The second kappa shape index (κ2) is 7.75. The van der Waals surface area contributed by atoms with Gasteiger partial charge in [-0.3, -0.25) is 4.79 Å². The third kappa shape index (κ3) is 3.42. The van der Waals surface area contributed by atoms with Crippen LogP contribution in [0.25, 0.3) is 10.2 Å². The molecule has 3 heterocycles. The second-order valence-corrected chi connectivity index (χ2v) is 8.31. The van der Waals surface area contributed by atoms with Gasteiger partial charge in [0.2, 0.25) is 5.91 Å². The van der Waals surface area contributed by atoms with Crippen LogP contribution in [0.1, 0.15) is 23.3 Å². The summed E-state index contributed by atoms with van der Waals surface area (Å²) in [6, 6.07) is 7.50. The number of rotatable bonds is 4. The maximum atomic E-state index is 12.7. The fraction of sp³-hybridized carbons (Fsp3) is 0.381. The van der Waals surface area contributed by atoms with Gasteiger partial charge in [0.15, 0.2) is 0 Å². The summed E-state index contributed by atoms with van der Waals surface area (Å²) in [5.41, 5.74) is 1.98. The van der Waals surface area contributed by atoms with Gasteiger partial charge in [-0.1, -0.05) is 12.1 Å². The number of nitrogens with one attached hydrogen (secondary N) is 1. The van der Waals surface area contributed by atoms with E-state index in [2.05, 4.69) is 34.0 Å². The smallest absolute Gasteiger partial charge is 0.227 e. The van der Waals surface area contributed by atoms with Crippen LogP contribution in [0.2, 0.25) is 0 Å². The third-order valence-electron chi connectivity index (χ3n) is 5.48. The Bertz CT molecular complexity index is 1010. The molecule has 1 aliphatic heterocycles. The van der Waals surface area contributed by atoms with Crippen LogP contribution in [0.5, 0.6) is 5.75 Å². The zero-order chi connectivity index (χ0) is 19.7. The molecule has 0 bridgehead atoms. The number of para-hydroxylation sites is 2. The van der Waals surface area contributed by atoms with E-state index in [1.165, 1.54) is 10.4 Å². The highest BCUT2D eigenvalue weighted by atomic mass is 32.1. The summed E-state index contributed by atoms with van der Waals surface area (Å²) in [5.74, 6) is 1.72. The molecule has 0 spiro atoms. The highest BCUT2D eigenvalue weighted by molar-refractivity contribution is 7.18. The first kappa shape index (κ1) is 18.7. The zero-order valence-corrected chi connectivity index (χ0v) is 17.2. The molecule has 7 heteroatoms. The molecule has 6 nitrogen and oxygen atoms in total. The lowest BCUT2D eigenvalue weighted by atomic mass is 9.95. The largest absolute Gasteiger partial charge is 0.495 e. The van der Waals surface area contributed by atoms with E-state index in [0.717, 1.165) is 47.7 Å². The molecule has 146 valence electrons. The van der Waals surface area contributed by atoms with Crippen molar-refractivity contribution in [3.63, 3.8) is 0 Å². The lowest BCUT2D eigenvalue weighted by Gasteiger charge is -2.32. The monoisotopic (exact) mass is 396 g/mol. The minimum absolute atomic E-state index is 0.0104. The Hall–Kier alpha value is -2.67. The minimum Gasteiger partial charge on any atom is -0.495 e. The van der Waals surface area contributed by atoms with Crippen molar-refractivity contribution in [2.75, 3.05) is 30.4 Å². The molecule has 0 saturated carbocycles. The Balaban J connectivity index is 1.46. The lowest BCUT2D eigenvalue weighted by molar-refractivity contribution is -0.120. The van der Waals surface area contributed by atoms with Crippen LogP contribution in [-0.4, -0.2) is 36.1 Å². The number of carbonyl (C=O) groups is 1. The number of benzene rings is 1. The molecule has 4 rings (SSSR count). The quantitative estimate of drug-likeness (QED) is 0.717. The van der Waals surface area contributed by atoms with Crippen molar-refractivity contribution in [1.82, 2.24) is 9.97 Å². The average Bonchev–Trinajstić information content (AvgIpc) is 3.02. The van der Waals surface area contributed by atoms with Gasteiger partial charge in [-0.05, 0) is 44.4 Å². The maximum absolute atomic E-state index is 12.7. The van der Waals surface area contributed by atoms with Gasteiger partial charge in [-0.25, -0.2) is 9.97 Å². The Morgan fingerprint density at radius 2 is 1.96 bits per heavy atom. The molecule has 0 radical (unpaired) electrons. The number of fused-ring (bicyclic) bond motifs is 1. The Morgan fingerprint density at radius 1 is 1.21 bits per heavy atom. The average molecular weight is 397 g/mol. The highest BCUT2D eigenvalue weighted by Gasteiger charge is 2.27. The van der Waals surface area contributed by atoms with Gasteiger partial charge in [0, 0.05) is 23.9 Å². The number of aryl methyl sites for hydroxylation is 2. The van der Waals surface area contributed by atoms with Crippen LogP contribution >= 0.6 is 11.3 Å². The Kier molecular flexibility index (Phi) is 5.17. The van der Waals surface area contributed by atoms with Crippen molar-refractivity contribution in [3.05, 3.63) is 41.0 Å². The van der Waals surface area contributed by atoms with Gasteiger partial charge >= 0.3 is 0 Å².